The maximum absolute atomic E-state index is 11.9. The lowest BCUT2D eigenvalue weighted by atomic mass is 10.2. The number of aryl methyl sites for hydroxylation is 1. The second kappa shape index (κ2) is 5.15. The van der Waals surface area contributed by atoms with Crippen molar-refractivity contribution in [3.05, 3.63) is 64.1 Å². The summed E-state index contributed by atoms with van der Waals surface area (Å²) in [7, 11) is 0. The monoisotopic (exact) mass is 289 g/mol. The molecular formula is C14H12BrNO. The first-order valence-corrected chi connectivity index (χ1v) is 6.08. The summed E-state index contributed by atoms with van der Waals surface area (Å²) < 4.78 is 0.962. The topological polar surface area (TPSA) is 29.1 Å². The summed E-state index contributed by atoms with van der Waals surface area (Å²) in [6, 6.07) is 15.0. The standard InChI is InChI=1S/C14H12BrNO/c1-10-2-8-13(9-3-10)16-14(17)11-4-6-12(15)7-5-11/h2-9H,1H3,(H,16,17). The lowest BCUT2D eigenvalue weighted by Crippen LogP contribution is -2.11. The van der Waals surface area contributed by atoms with Gasteiger partial charge in [0.05, 0.1) is 0 Å². The van der Waals surface area contributed by atoms with Gasteiger partial charge in [0.2, 0.25) is 0 Å². The molecule has 1 N–H and O–H groups in total. The summed E-state index contributed by atoms with van der Waals surface area (Å²) in [5.74, 6) is -0.0960. The van der Waals surface area contributed by atoms with Crippen LogP contribution in [0.15, 0.2) is 53.0 Å². The number of benzene rings is 2. The quantitative estimate of drug-likeness (QED) is 0.889. The maximum atomic E-state index is 11.9. The fourth-order valence-corrected chi connectivity index (χ4v) is 1.71. The molecule has 0 heterocycles. The Morgan fingerprint density at radius 2 is 1.59 bits per heavy atom. The first-order chi connectivity index (χ1) is 8.15. The van der Waals surface area contributed by atoms with E-state index in [0.29, 0.717) is 5.56 Å². The van der Waals surface area contributed by atoms with Crippen molar-refractivity contribution < 1.29 is 4.79 Å². The third-order valence-corrected chi connectivity index (χ3v) is 2.94. The summed E-state index contributed by atoms with van der Waals surface area (Å²) in [6.07, 6.45) is 0. The van der Waals surface area contributed by atoms with Gasteiger partial charge in [0.1, 0.15) is 0 Å². The Hall–Kier alpha value is -1.61. The van der Waals surface area contributed by atoms with Crippen LogP contribution in [0.5, 0.6) is 0 Å². The molecule has 2 aromatic rings. The average Bonchev–Trinajstić information content (AvgIpc) is 2.33. The molecule has 2 rings (SSSR count). The van der Waals surface area contributed by atoms with Crippen molar-refractivity contribution in [2.75, 3.05) is 5.32 Å². The largest absolute Gasteiger partial charge is 0.322 e. The van der Waals surface area contributed by atoms with E-state index in [1.807, 2.05) is 43.3 Å². The molecule has 0 bridgehead atoms. The molecular weight excluding hydrogens is 278 g/mol. The van der Waals surface area contributed by atoms with Crippen LogP contribution in [-0.2, 0) is 0 Å². The summed E-state index contributed by atoms with van der Waals surface area (Å²) >= 11 is 3.34. The van der Waals surface area contributed by atoms with Gasteiger partial charge in [-0.3, -0.25) is 4.79 Å². The van der Waals surface area contributed by atoms with Gasteiger partial charge in [-0.05, 0) is 43.3 Å². The normalized spacial score (nSPS) is 10.0. The average molecular weight is 290 g/mol. The predicted molar refractivity (Wildman–Crippen MR) is 73.3 cm³/mol. The Balaban J connectivity index is 2.11. The molecule has 3 heteroatoms. The number of carbonyl (C=O) groups is 1. The summed E-state index contributed by atoms with van der Waals surface area (Å²) in [4.78, 5) is 11.9. The molecule has 0 aromatic heterocycles. The highest BCUT2D eigenvalue weighted by Gasteiger charge is 2.05. The van der Waals surface area contributed by atoms with E-state index >= 15 is 0 Å². The predicted octanol–water partition coefficient (Wildman–Crippen LogP) is 4.01. The van der Waals surface area contributed by atoms with Crippen LogP contribution >= 0.6 is 15.9 Å². The number of hydrogen-bond donors (Lipinski definition) is 1. The molecule has 0 unspecified atom stereocenters. The zero-order chi connectivity index (χ0) is 12.3. The van der Waals surface area contributed by atoms with Gasteiger partial charge >= 0.3 is 0 Å². The molecule has 0 saturated carbocycles. The van der Waals surface area contributed by atoms with E-state index in [2.05, 4.69) is 21.2 Å². The van der Waals surface area contributed by atoms with Crippen molar-refractivity contribution in [1.82, 2.24) is 0 Å². The molecule has 0 aliphatic heterocycles. The van der Waals surface area contributed by atoms with Gasteiger partial charge in [-0.15, -0.1) is 0 Å². The Bertz CT molecular complexity index is 517. The van der Waals surface area contributed by atoms with Crippen LogP contribution in [0, 0.1) is 6.92 Å². The van der Waals surface area contributed by atoms with Crippen LogP contribution in [-0.4, -0.2) is 5.91 Å². The maximum Gasteiger partial charge on any atom is 0.255 e. The molecule has 0 saturated heterocycles. The van der Waals surface area contributed by atoms with Crippen molar-refractivity contribution in [3.63, 3.8) is 0 Å². The Kier molecular flexibility index (Phi) is 3.59. The van der Waals surface area contributed by atoms with Gasteiger partial charge in [0.15, 0.2) is 0 Å². The van der Waals surface area contributed by atoms with Crippen molar-refractivity contribution in [1.29, 1.82) is 0 Å². The van der Waals surface area contributed by atoms with E-state index in [1.54, 1.807) is 12.1 Å². The zero-order valence-corrected chi connectivity index (χ0v) is 11.0. The minimum absolute atomic E-state index is 0.0960. The van der Waals surface area contributed by atoms with Gasteiger partial charge in [0.25, 0.3) is 5.91 Å². The van der Waals surface area contributed by atoms with Gasteiger partial charge < -0.3 is 5.32 Å². The molecule has 0 fully saturated rings. The van der Waals surface area contributed by atoms with Gasteiger partial charge in [-0.1, -0.05) is 33.6 Å². The van der Waals surface area contributed by atoms with Crippen LogP contribution in [0.25, 0.3) is 0 Å². The van der Waals surface area contributed by atoms with Gasteiger partial charge in [0, 0.05) is 15.7 Å². The molecule has 1 amide bonds. The van der Waals surface area contributed by atoms with Crippen LogP contribution in [0.4, 0.5) is 5.69 Å². The molecule has 2 nitrogen and oxygen atoms in total. The molecule has 0 radical (unpaired) electrons. The van der Waals surface area contributed by atoms with Gasteiger partial charge in [-0.2, -0.15) is 0 Å². The van der Waals surface area contributed by atoms with Crippen LogP contribution in [0.2, 0.25) is 0 Å². The molecule has 17 heavy (non-hydrogen) atoms. The minimum Gasteiger partial charge on any atom is -0.322 e. The number of halogens is 1. The van der Waals surface area contributed by atoms with E-state index in [-0.39, 0.29) is 5.91 Å². The third kappa shape index (κ3) is 3.17. The number of nitrogens with one attached hydrogen (secondary N) is 1. The first kappa shape index (κ1) is 11.9. The highest BCUT2D eigenvalue weighted by Crippen LogP contribution is 2.13. The van der Waals surface area contributed by atoms with Crippen LogP contribution in [0.1, 0.15) is 15.9 Å². The van der Waals surface area contributed by atoms with E-state index in [9.17, 15) is 4.79 Å². The summed E-state index contributed by atoms with van der Waals surface area (Å²) in [5, 5.41) is 2.85. The van der Waals surface area contributed by atoms with Gasteiger partial charge in [-0.25, -0.2) is 0 Å². The lowest BCUT2D eigenvalue weighted by Gasteiger charge is -2.05. The molecule has 0 atom stereocenters. The number of anilines is 1. The SMILES string of the molecule is Cc1ccc(NC(=O)c2ccc(Br)cc2)cc1. The lowest BCUT2D eigenvalue weighted by molar-refractivity contribution is 0.102. The van der Waals surface area contributed by atoms with E-state index in [0.717, 1.165) is 10.2 Å². The number of hydrogen-bond acceptors (Lipinski definition) is 1. The van der Waals surface area contributed by atoms with E-state index in [4.69, 9.17) is 0 Å². The molecule has 86 valence electrons. The molecule has 0 aliphatic carbocycles. The summed E-state index contributed by atoms with van der Waals surface area (Å²) in [5.41, 5.74) is 2.63. The second-order valence-electron chi connectivity index (χ2n) is 3.83. The van der Waals surface area contributed by atoms with Crippen molar-refractivity contribution in [2.45, 2.75) is 6.92 Å². The second-order valence-corrected chi connectivity index (χ2v) is 4.74. The molecule has 0 spiro atoms. The highest BCUT2D eigenvalue weighted by atomic mass is 79.9. The number of amides is 1. The minimum atomic E-state index is -0.0960. The van der Waals surface area contributed by atoms with E-state index in [1.165, 1.54) is 5.56 Å². The van der Waals surface area contributed by atoms with E-state index < -0.39 is 0 Å². The van der Waals surface area contributed by atoms with Crippen LogP contribution < -0.4 is 5.32 Å². The molecule has 2 aromatic carbocycles. The Labute approximate surface area is 109 Å². The first-order valence-electron chi connectivity index (χ1n) is 5.29. The smallest absolute Gasteiger partial charge is 0.255 e. The fourth-order valence-electron chi connectivity index (χ4n) is 1.44. The van der Waals surface area contributed by atoms with Crippen molar-refractivity contribution >= 4 is 27.5 Å². The summed E-state index contributed by atoms with van der Waals surface area (Å²) in [6.45, 7) is 2.01. The third-order valence-electron chi connectivity index (χ3n) is 2.42. The highest BCUT2D eigenvalue weighted by molar-refractivity contribution is 9.10. The number of rotatable bonds is 2. The fraction of sp³-hybridized carbons (Fsp3) is 0.0714. The van der Waals surface area contributed by atoms with Crippen LogP contribution in [0.3, 0.4) is 0 Å². The Morgan fingerprint density at radius 1 is 1.00 bits per heavy atom. The molecule has 0 aliphatic rings. The van der Waals surface area contributed by atoms with Crippen molar-refractivity contribution in [3.8, 4) is 0 Å². The van der Waals surface area contributed by atoms with Crippen molar-refractivity contribution in [2.24, 2.45) is 0 Å². The number of carbonyl (C=O) groups excluding carboxylic acids is 1. The Morgan fingerprint density at radius 3 is 2.18 bits per heavy atom. The zero-order valence-electron chi connectivity index (χ0n) is 9.41.